The van der Waals surface area contributed by atoms with Crippen LogP contribution < -0.4 is 4.74 Å². The summed E-state index contributed by atoms with van der Waals surface area (Å²) >= 11 is 3.63. The minimum absolute atomic E-state index is 0.0643. The van der Waals surface area contributed by atoms with Gasteiger partial charge in [-0.25, -0.2) is 0 Å². The number of aromatic nitrogens is 2. The predicted octanol–water partition coefficient (Wildman–Crippen LogP) is 4.62. The fourth-order valence-corrected chi connectivity index (χ4v) is 3.07. The van der Waals surface area contributed by atoms with Gasteiger partial charge in [0.15, 0.2) is 0 Å². The van der Waals surface area contributed by atoms with Gasteiger partial charge in [0.2, 0.25) is 0 Å². The first-order chi connectivity index (χ1) is 9.84. The Balaban J connectivity index is 2.24. The summed E-state index contributed by atoms with van der Waals surface area (Å²) in [5.41, 5.74) is 3.42. The molecule has 0 spiro atoms. The van der Waals surface area contributed by atoms with E-state index in [1.807, 2.05) is 23.9 Å². The number of ether oxygens (including phenoxy) is 1. The predicted molar refractivity (Wildman–Crippen MR) is 89.8 cm³/mol. The van der Waals surface area contributed by atoms with Crippen molar-refractivity contribution < 1.29 is 4.74 Å². The first kappa shape index (κ1) is 16.1. The Hall–Kier alpha value is -1.29. The SMILES string of the molecule is CCc1nn(C)c(COc2ccccc2C(C)(C)C)c1Br. The van der Waals surface area contributed by atoms with E-state index in [-0.39, 0.29) is 5.41 Å². The Bertz CT molecular complexity index is 626. The van der Waals surface area contributed by atoms with Crippen molar-refractivity contribution in [1.82, 2.24) is 9.78 Å². The van der Waals surface area contributed by atoms with E-state index in [1.54, 1.807) is 0 Å². The van der Waals surface area contributed by atoms with Crippen LogP contribution >= 0.6 is 15.9 Å². The van der Waals surface area contributed by atoms with Crippen molar-refractivity contribution in [2.75, 3.05) is 0 Å². The lowest BCUT2D eigenvalue weighted by atomic mass is 9.86. The van der Waals surface area contributed by atoms with Crippen molar-refractivity contribution in [1.29, 1.82) is 0 Å². The summed E-state index contributed by atoms with van der Waals surface area (Å²) in [6, 6.07) is 8.24. The number of nitrogens with zero attached hydrogens (tertiary/aromatic N) is 2. The van der Waals surface area contributed by atoms with E-state index in [0.29, 0.717) is 6.61 Å². The molecule has 0 aliphatic carbocycles. The fourth-order valence-electron chi connectivity index (χ4n) is 2.33. The van der Waals surface area contributed by atoms with Crippen LogP contribution in [0.2, 0.25) is 0 Å². The minimum Gasteiger partial charge on any atom is -0.487 e. The lowest BCUT2D eigenvalue weighted by Crippen LogP contribution is -2.14. The van der Waals surface area contributed by atoms with Crippen LogP contribution in [-0.2, 0) is 25.5 Å². The number of aryl methyl sites for hydroxylation is 2. The molecule has 0 radical (unpaired) electrons. The quantitative estimate of drug-likeness (QED) is 0.804. The molecule has 2 rings (SSSR count). The second-order valence-electron chi connectivity index (χ2n) is 6.22. The van der Waals surface area contributed by atoms with Crippen LogP contribution in [0.25, 0.3) is 0 Å². The number of halogens is 1. The summed E-state index contributed by atoms with van der Waals surface area (Å²) in [5, 5.41) is 4.50. The molecule has 114 valence electrons. The van der Waals surface area contributed by atoms with Crippen molar-refractivity contribution in [3.63, 3.8) is 0 Å². The van der Waals surface area contributed by atoms with Gasteiger partial charge in [0, 0.05) is 7.05 Å². The number of hydrogen-bond donors (Lipinski definition) is 0. The summed E-state index contributed by atoms with van der Waals surface area (Å²) < 4.78 is 9.03. The molecule has 21 heavy (non-hydrogen) atoms. The standard InChI is InChI=1S/C17H23BrN2O/c1-6-13-16(18)14(20(5)19-13)11-21-15-10-8-7-9-12(15)17(2,3)4/h7-10H,6,11H2,1-5H3. The third-order valence-electron chi connectivity index (χ3n) is 3.56. The monoisotopic (exact) mass is 350 g/mol. The molecule has 0 saturated carbocycles. The van der Waals surface area contributed by atoms with Gasteiger partial charge < -0.3 is 4.74 Å². The highest BCUT2D eigenvalue weighted by atomic mass is 79.9. The van der Waals surface area contributed by atoms with Crippen LogP contribution in [0.15, 0.2) is 28.7 Å². The molecule has 3 nitrogen and oxygen atoms in total. The average molecular weight is 351 g/mol. The van der Waals surface area contributed by atoms with E-state index in [9.17, 15) is 0 Å². The van der Waals surface area contributed by atoms with E-state index >= 15 is 0 Å². The third-order valence-corrected chi connectivity index (χ3v) is 4.48. The van der Waals surface area contributed by atoms with Crippen LogP contribution in [-0.4, -0.2) is 9.78 Å². The number of benzene rings is 1. The summed E-state index contributed by atoms with van der Waals surface area (Å²) in [6.07, 6.45) is 0.910. The largest absolute Gasteiger partial charge is 0.487 e. The van der Waals surface area contributed by atoms with Gasteiger partial charge in [0.1, 0.15) is 12.4 Å². The highest BCUT2D eigenvalue weighted by Gasteiger charge is 2.19. The van der Waals surface area contributed by atoms with Gasteiger partial charge in [-0.05, 0) is 39.4 Å². The summed E-state index contributed by atoms with van der Waals surface area (Å²) in [6.45, 7) is 9.21. The zero-order chi connectivity index (χ0) is 15.6. The average Bonchev–Trinajstić information content (AvgIpc) is 2.70. The van der Waals surface area contributed by atoms with Gasteiger partial charge >= 0.3 is 0 Å². The van der Waals surface area contributed by atoms with E-state index in [0.717, 1.165) is 28.0 Å². The first-order valence-electron chi connectivity index (χ1n) is 7.27. The molecule has 0 bridgehead atoms. The van der Waals surface area contributed by atoms with Gasteiger partial charge in [0.05, 0.1) is 15.9 Å². The van der Waals surface area contributed by atoms with Crippen molar-refractivity contribution in [2.45, 2.75) is 46.1 Å². The molecule has 1 aromatic carbocycles. The normalized spacial score (nSPS) is 11.7. The Labute approximate surface area is 135 Å². The maximum absolute atomic E-state index is 6.08. The topological polar surface area (TPSA) is 27.1 Å². The molecule has 4 heteroatoms. The molecule has 2 aromatic rings. The Kier molecular flexibility index (Phi) is 4.77. The van der Waals surface area contributed by atoms with Crippen LogP contribution in [0.1, 0.15) is 44.6 Å². The lowest BCUT2D eigenvalue weighted by molar-refractivity contribution is 0.286. The maximum Gasteiger partial charge on any atom is 0.131 e. The molecule has 0 aliphatic heterocycles. The minimum atomic E-state index is 0.0643. The van der Waals surface area contributed by atoms with Gasteiger partial charge in [-0.1, -0.05) is 45.9 Å². The molecule has 0 aliphatic rings. The highest BCUT2D eigenvalue weighted by molar-refractivity contribution is 9.10. The van der Waals surface area contributed by atoms with Crippen LogP contribution in [0, 0.1) is 0 Å². The second kappa shape index (κ2) is 6.22. The van der Waals surface area contributed by atoms with Crippen LogP contribution in [0.3, 0.4) is 0 Å². The van der Waals surface area contributed by atoms with E-state index < -0.39 is 0 Å². The molecule has 1 aromatic heterocycles. The molecular weight excluding hydrogens is 328 g/mol. The molecule has 0 N–H and O–H groups in total. The summed E-state index contributed by atoms with van der Waals surface area (Å²) in [5.74, 6) is 0.941. The summed E-state index contributed by atoms with van der Waals surface area (Å²) in [7, 11) is 1.96. The molecule has 0 atom stereocenters. The van der Waals surface area contributed by atoms with Crippen molar-refractivity contribution >= 4 is 15.9 Å². The smallest absolute Gasteiger partial charge is 0.131 e. The molecule has 0 amide bonds. The third kappa shape index (κ3) is 3.49. The molecule has 0 unspecified atom stereocenters. The Morgan fingerprint density at radius 1 is 1.24 bits per heavy atom. The van der Waals surface area contributed by atoms with Crippen LogP contribution in [0.4, 0.5) is 0 Å². The van der Waals surface area contributed by atoms with Crippen molar-refractivity contribution in [3.05, 3.63) is 45.7 Å². The fraction of sp³-hybridized carbons (Fsp3) is 0.471. The molecule has 1 heterocycles. The molecule has 0 saturated heterocycles. The van der Waals surface area contributed by atoms with Crippen molar-refractivity contribution in [2.24, 2.45) is 7.05 Å². The van der Waals surface area contributed by atoms with Crippen LogP contribution in [0.5, 0.6) is 5.75 Å². The summed E-state index contributed by atoms with van der Waals surface area (Å²) in [4.78, 5) is 0. The zero-order valence-electron chi connectivity index (χ0n) is 13.4. The number of rotatable bonds is 4. The molecular formula is C17H23BrN2O. The maximum atomic E-state index is 6.08. The lowest BCUT2D eigenvalue weighted by Gasteiger charge is -2.22. The number of hydrogen-bond acceptors (Lipinski definition) is 2. The van der Waals surface area contributed by atoms with Gasteiger partial charge in [0.25, 0.3) is 0 Å². The molecule has 0 fully saturated rings. The van der Waals surface area contributed by atoms with E-state index in [1.165, 1.54) is 5.56 Å². The zero-order valence-corrected chi connectivity index (χ0v) is 15.0. The number of para-hydroxylation sites is 1. The van der Waals surface area contributed by atoms with Gasteiger partial charge in [-0.15, -0.1) is 0 Å². The van der Waals surface area contributed by atoms with E-state index in [2.05, 4.69) is 60.9 Å². The Morgan fingerprint density at radius 2 is 1.90 bits per heavy atom. The highest BCUT2D eigenvalue weighted by Crippen LogP contribution is 2.32. The van der Waals surface area contributed by atoms with Gasteiger partial charge in [-0.2, -0.15) is 5.10 Å². The van der Waals surface area contributed by atoms with E-state index in [4.69, 9.17) is 4.74 Å². The Morgan fingerprint density at radius 3 is 2.48 bits per heavy atom. The van der Waals surface area contributed by atoms with Gasteiger partial charge in [-0.3, -0.25) is 4.68 Å². The first-order valence-corrected chi connectivity index (χ1v) is 8.06. The second-order valence-corrected chi connectivity index (χ2v) is 7.01. The van der Waals surface area contributed by atoms with Crippen molar-refractivity contribution in [3.8, 4) is 5.75 Å².